The zero-order chi connectivity index (χ0) is 18.6. The van der Waals surface area contributed by atoms with Crippen molar-refractivity contribution < 1.29 is 19.3 Å². The number of aliphatic hydroxyl groups is 1. The summed E-state index contributed by atoms with van der Waals surface area (Å²) in [6.45, 7) is 5.71. The number of hydrogen-bond acceptors (Lipinski definition) is 7. The molecule has 0 aliphatic carbocycles. The Morgan fingerprint density at radius 2 is 2.15 bits per heavy atom. The average molecular weight is 385 g/mol. The predicted molar refractivity (Wildman–Crippen MR) is 106 cm³/mol. The van der Waals surface area contributed by atoms with Gasteiger partial charge in [-0.3, -0.25) is 4.90 Å². The normalized spacial score (nSPS) is 16.4. The van der Waals surface area contributed by atoms with Gasteiger partial charge in [-0.15, -0.1) is 0 Å². The number of methoxy groups -OCH3 is 1. The number of nitrogens with one attached hydrogen (secondary N) is 1. The summed E-state index contributed by atoms with van der Waals surface area (Å²) in [7, 11) is 1.64. The summed E-state index contributed by atoms with van der Waals surface area (Å²) < 4.78 is 16.8. The number of ether oxygens (including phenoxy) is 3. The Hall–Kier alpha value is -0.990. The van der Waals surface area contributed by atoms with Gasteiger partial charge in [0.25, 0.3) is 0 Å². The van der Waals surface area contributed by atoms with Crippen molar-refractivity contribution in [2.45, 2.75) is 19.1 Å². The first-order chi connectivity index (χ1) is 12.7. The summed E-state index contributed by atoms with van der Waals surface area (Å²) in [6, 6.07) is 5.89. The van der Waals surface area contributed by atoms with Crippen LogP contribution in [0.3, 0.4) is 0 Å². The highest BCUT2D eigenvalue weighted by Gasteiger charge is 2.17. The standard InChI is InChI=1S/C19H32N2O4S/c1-23-18-6-3-5-16(13-20-7-4-12-26-2)19(18)25-15-17(22)14-21-8-10-24-11-9-21/h3,5-6,17,20,22H,4,7-15H2,1-2H3. The fraction of sp³-hybridized carbons (Fsp3) is 0.684. The molecule has 1 aromatic carbocycles. The molecule has 1 aromatic rings. The maximum atomic E-state index is 10.3. The second kappa shape index (κ2) is 12.4. The first-order valence-corrected chi connectivity index (χ1v) is 10.6. The molecule has 1 fully saturated rings. The van der Waals surface area contributed by atoms with E-state index in [-0.39, 0.29) is 6.61 Å². The van der Waals surface area contributed by atoms with Crippen LogP contribution in [0.2, 0.25) is 0 Å². The van der Waals surface area contributed by atoms with Crippen molar-refractivity contribution in [2.24, 2.45) is 0 Å². The highest BCUT2D eigenvalue weighted by molar-refractivity contribution is 7.98. The van der Waals surface area contributed by atoms with Crippen LogP contribution in [0.5, 0.6) is 11.5 Å². The summed E-state index contributed by atoms with van der Waals surface area (Å²) in [5.74, 6) is 2.57. The van der Waals surface area contributed by atoms with Gasteiger partial charge in [0, 0.05) is 31.7 Å². The quantitative estimate of drug-likeness (QED) is 0.531. The highest BCUT2D eigenvalue weighted by Crippen LogP contribution is 2.31. The summed E-state index contributed by atoms with van der Waals surface area (Å²) in [6.07, 6.45) is 2.72. The topological polar surface area (TPSA) is 63.2 Å². The number of benzene rings is 1. The van der Waals surface area contributed by atoms with Crippen LogP contribution < -0.4 is 14.8 Å². The third kappa shape index (κ3) is 7.32. The van der Waals surface area contributed by atoms with E-state index in [1.165, 1.54) is 0 Å². The molecule has 0 radical (unpaired) electrons. The first kappa shape index (κ1) is 21.3. The van der Waals surface area contributed by atoms with Crippen molar-refractivity contribution in [3.63, 3.8) is 0 Å². The van der Waals surface area contributed by atoms with Crippen molar-refractivity contribution in [1.29, 1.82) is 0 Å². The zero-order valence-corrected chi connectivity index (χ0v) is 16.7. The van der Waals surface area contributed by atoms with E-state index in [4.69, 9.17) is 14.2 Å². The van der Waals surface area contributed by atoms with E-state index < -0.39 is 6.10 Å². The molecular formula is C19H32N2O4S. The minimum absolute atomic E-state index is 0.247. The van der Waals surface area contributed by atoms with Gasteiger partial charge in [0.1, 0.15) is 12.7 Å². The molecule has 1 aliphatic rings. The molecule has 1 aliphatic heterocycles. The SMILES string of the molecule is COc1cccc(CNCCCSC)c1OCC(O)CN1CCOCC1. The van der Waals surface area contributed by atoms with E-state index >= 15 is 0 Å². The minimum atomic E-state index is -0.541. The lowest BCUT2D eigenvalue weighted by Crippen LogP contribution is -2.42. The highest BCUT2D eigenvalue weighted by atomic mass is 32.2. The Bertz CT molecular complexity index is 512. The van der Waals surface area contributed by atoms with Crippen molar-refractivity contribution >= 4 is 11.8 Å². The fourth-order valence-electron chi connectivity index (χ4n) is 2.90. The van der Waals surface area contributed by atoms with Gasteiger partial charge in [-0.05, 0) is 31.0 Å². The summed E-state index contributed by atoms with van der Waals surface area (Å²) in [5.41, 5.74) is 1.05. The van der Waals surface area contributed by atoms with Gasteiger partial charge in [0.05, 0.1) is 20.3 Å². The number of β-amino-alcohol motifs (C(OH)–C–C–N with tert-alkyl or cyclic N) is 1. The second-order valence-electron chi connectivity index (χ2n) is 6.35. The molecule has 0 bridgehead atoms. The van der Waals surface area contributed by atoms with Crippen LogP contribution >= 0.6 is 11.8 Å². The maximum Gasteiger partial charge on any atom is 0.165 e. The molecule has 148 valence electrons. The Kier molecular flexibility index (Phi) is 10.2. The maximum absolute atomic E-state index is 10.3. The average Bonchev–Trinajstić information content (AvgIpc) is 2.67. The molecule has 1 heterocycles. The Morgan fingerprint density at radius 3 is 2.88 bits per heavy atom. The lowest BCUT2D eigenvalue weighted by molar-refractivity contribution is 0.00436. The summed E-state index contributed by atoms with van der Waals surface area (Å²) in [5, 5.41) is 13.8. The van der Waals surface area contributed by atoms with Crippen molar-refractivity contribution in [3.8, 4) is 11.5 Å². The van der Waals surface area contributed by atoms with Gasteiger partial charge in [-0.1, -0.05) is 12.1 Å². The predicted octanol–water partition coefficient (Wildman–Crippen LogP) is 1.61. The smallest absolute Gasteiger partial charge is 0.165 e. The van der Waals surface area contributed by atoms with Gasteiger partial charge >= 0.3 is 0 Å². The van der Waals surface area contributed by atoms with E-state index in [0.717, 1.165) is 57.1 Å². The van der Waals surface area contributed by atoms with E-state index in [1.807, 2.05) is 30.0 Å². The van der Waals surface area contributed by atoms with Gasteiger partial charge in [0.15, 0.2) is 11.5 Å². The molecule has 7 heteroatoms. The number of rotatable bonds is 12. The Labute approximate surface area is 161 Å². The lowest BCUT2D eigenvalue weighted by Gasteiger charge is -2.28. The number of thioether (sulfide) groups is 1. The largest absolute Gasteiger partial charge is 0.493 e. The molecule has 0 saturated carbocycles. The van der Waals surface area contributed by atoms with Crippen LogP contribution in [0.1, 0.15) is 12.0 Å². The molecule has 0 amide bonds. The summed E-state index contributed by atoms with van der Waals surface area (Å²) >= 11 is 1.86. The molecule has 2 N–H and O–H groups in total. The van der Waals surface area contributed by atoms with Crippen molar-refractivity contribution in [3.05, 3.63) is 23.8 Å². The molecule has 1 saturated heterocycles. The summed E-state index contributed by atoms with van der Waals surface area (Å²) in [4.78, 5) is 2.20. The van der Waals surface area contributed by atoms with Crippen LogP contribution in [0.25, 0.3) is 0 Å². The fourth-order valence-corrected chi connectivity index (χ4v) is 3.34. The Morgan fingerprint density at radius 1 is 1.35 bits per heavy atom. The molecule has 1 atom stereocenters. The molecule has 2 rings (SSSR count). The van der Waals surface area contributed by atoms with E-state index in [2.05, 4.69) is 16.5 Å². The van der Waals surface area contributed by atoms with Crippen molar-refractivity contribution in [1.82, 2.24) is 10.2 Å². The number of morpholine rings is 1. The van der Waals surface area contributed by atoms with Gasteiger partial charge in [0.2, 0.25) is 0 Å². The van der Waals surface area contributed by atoms with E-state index in [1.54, 1.807) is 7.11 Å². The van der Waals surface area contributed by atoms with Crippen molar-refractivity contribution in [2.75, 3.05) is 65.1 Å². The van der Waals surface area contributed by atoms with Crippen LogP contribution in [0.4, 0.5) is 0 Å². The Balaban J connectivity index is 1.86. The van der Waals surface area contributed by atoms with Gasteiger partial charge in [-0.25, -0.2) is 0 Å². The molecule has 1 unspecified atom stereocenters. The first-order valence-electron chi connectivity index (χ1n) is 9.21. The number of hydrogen-bond donors (Lipinski definition) is 2. The van der Waals surface area contributed by atoms with Gasteiger partial charge < -0.3 is 24.6 Å². The third-order valence-electron chi connectivity index (χ3n) is 4.29. The molecule has 26 heavy (non-hydrogen) atoms. The molecular weight excluding hydrogens is 352 g/mol. The number of para-hydroxylation sites is 1. The van der Waals surface area contributed by atoms with Crippen LogP contribution in [-0.2, 0) is 11.3 Å². The molecule has 0 aromatic heterocycles. The number of aliphatic hydroxyl groups excluding tert-OH is 1. The monoisotopic (exact) mass is 384 g/mol. The second-order valence-corrected chi connectivity index (χ2v) is 7.34. The zero-order valence-electron chi connectivity index (χ0n) is 15.9. The van der Waals surface area contributed by atoms with E-state index in [9.17, 15) is 5.11 Å². The minimum Gasteiger partial charge on any atom is -0.493 e. The third-order valence-corrected chi connectivity index (χ3v) is 4.99. The molecule has 0 spiro atoms. The van der Waals surface area contributed by atoms with Gasteiger partial charge in [-0.2, -0.15) is 11.8 Å². The van der Waals surface area contributed by atoms with Crippen LogP contribution in [0, 0.1) is 0 Å². The van der Waals surface area contributed by atoms with E-state index in [0.29, 0.717) is 18.0 Å². The number of nitrogens with zero attached hydrogens (tertiary/aromatic N) is 1. The van der Waals surface area contributed by atoms with Crippen LogP contribution in [-0.4, -0.2) is 81.2 Å². The molecule has 6 nitrogen and oxygen atoms in total. The lowest BCUT2D eigenvalue weighted by atomic mass is 10.1. The van der Waals surface area contributed by atoms with Crippen LogP contribution in [0.15, 0.2) is 18.2 Å².